The minimum Gasteiger partial charge on any atom is -0.469 e. The first kappa shape index (κ1) is 11.2. The number of amides is 1. The molecule has 1 aliphatic heterocycles. The average molecular weight is 223 g/mol. The van der Waals surface area contributed by atoms with Crippen molar-refractivity contribution in [2.45, 2.75) is 38.8 Å². The van der Waals surface area contributed by atoms with Crippen molar-refractivity contribution < 1.29 is 14.3 Å². The largest absolute Gasteiger partial charge is 0.469 e. The molecule has 1 fully saturated rings. The van der Waals surface area contributed by atoms with Crippen LogP contribution in [-0.4, -0.2) is 28.7 Å². The molecule has 1 aromatic heterocycles. The van der Waals surface area contributed by atoms with Gasteiger partial charge in [-0.2, -0.15) is 0 Å². The Hall–Kier alpha value is -1.29. The van der Waals surface area contributed by atoms with Gasteiger partial charge in [-0.15, -0.1) is 0 Å². The number of furan rings is 1. The molecular formula is C12H17NO3. The van der Waals surface area contributed by atoms with E-state index in [1.54, 1.807) is 11.2 Å². The van der Waals surface area contributed by atoms with Gasteiger partial charge in [-0.1, -0.05) is 0 Å². The zero-order chi connectivity index (χ0) is 11.5. The topological polar surface area (TPSA) is 53.7 Å². The molecule has 1 saturated heterocycles. The Balaban J connectivity index is 1.91. The van der Waals surface area contributed by atoms with Crippen molar-refractivity contribution in [3.05, 3.63) is 23.7 Å². The number of piperidine rings is 1. The molecular weight excluding hydrogens is 206 g/mol. The van der Waals surface area contributed by atoms with Crippen LogP contribution in [0.15, 0.2) is 16.7 Å². The fourth-order valence-corrected chi connectivity index (χ4v) is 2.05. The van der Waals surface area contributed by atoms with Gasteiger partial charge in [0.25, 0.3) is 0 Å². The van der Waals surface area contributed by atoms with E-state index in [4.69, 9.17) is 4.42 Å². The predicted octanol–water partition coefficient (Wildman–Crippen LogP) is 1.46. The minimum atomic E-state index is -0.603. The van der Waals surface area contributed by atoms with E-state index in [2.05, 4.69) is 0 Å². The molecule has 1 unspecified atom stereocenters. The third-order valence-electron chi connectivity index (χ3n) is 2.96. The van der Waals surface area contributed by atoms with Gasteiger partial charge < -0.3 is 14.4 Å². The fraction of sp³-hybridized carbons (Fsp3) is 0.583. The van der Waals surface area contributed by atoms with E-state index in [1.165, 1.54) is 0 Å². The summed E-state index contributed by atoms with van der Waals surface area (Å²) < 4.78 is 5.19. The Kier molecular flexibility index (Phi) is 3.29. The fourth-order valence-electron chi connectivity index (χ4n) is 2.05. The average Bonchev–Trinajstić information content (AvgIpc) is 2.63. The van der Waals surface area contributed by atoms with Crippen LogP contribution < -0.4 is 0 Å². The van der Waals surface area contributed by atoms with Crippen LogP contribution in [0.1, 0.15) is 30.6 Å². The highest BCUT2D eigenvalue weighted by Crippen LogP contribution is 2.17. The number of hydrogen-bond donors (Lipinski definition) is 1. The first-order valence-corrected chi connectivity index (χ1v) is 5.68. The van der Waals surface area contributed by atoms with Gasteiger partial charge in [-0.05, 0) is 37.8 Å². The Bertz CT molecular complexity index is 372. The molecule has 2 rings (SSSR count). The molecule has 0 aromatic carbocycles. The smallest absolute Gasteiger partial charge is 0.224 e. The van der Waals surface area contributed by atoms with E-state index in [0.29, 0.717) is 19.4 Å². The number of likely N-dealkylation sites (tertiary alicyclic amines) is 1. The summed E-state index contributed by atoms with van der Waals surface area (Å²) in [7, 11) is 0. The molecule has 2 heterocycles. The second-order valence-corrected chi connectivity index (χ2v) is 4.28. The Labute approximate surface area is 94.9 Å². The van der Waals surface area contributed by atoms with Crippen LogP contribution in [0.4, 0.5) is 0 Å². The SMILES string of the molecule is Cc1cc(CCN2C(=O)CCCC2O)co1. The summed E-state index contributed by atoms with van der Waals surface area (Å²) in [6.45, 7) is 2.46. The zero-order valence-electron chi connectivity index (χ0n) is 9.48. The van der Waals surface area contributed by atoms with E-state index >= 15 is 0 Å². The number of carbonyl (C=O) groups excluding carboxylic acids is 1. The van der Waals surface area contributed by atoms with Crippen LogP contribution in [0.5, 0.6) is 0 Å². The molecule has 0 radical (unpaired) electrons. The van der Waals surface area contributed by atoms with E-state index in [-0.39, 0.29) is 5.91 Å². The Morgan fingerprint density at radius 2 is 2.44 bits per heavy atom. The van der Waals surface area contributed by atoms with Gasteiger partial charge in [0.2, 0.25) is 5.91 Å². The number of aryl methyl sites for hydroxylation is 1. The maximum atomic E-state index is 11.6. The molecule has 1 aromatic rings. The van der Waals surface area contributed by atoms with Gasteiger partial charge in [0, 0.05) is 13.0 Å². The maximum Gasteiger partial charge on any atom is 0.224 e. The normalized spacial score (nSPS) is 21.5. The van der Waals surface area contributed by atoms with Crippen molar-refractivity contribution in [3.63, 3.8) is 0 Å². The van der Waals surface area contributed by atoms with Gasteiger partial charge in [0.05, 0.1) is 6.26 Å². The number of carbonyl (C=O) groups is 1. The lowest BCUT2D eigenvalue weighted by atomic mass is 10.1. The van der Waals surface area contributed by atoms with Gasteiger partial charge in [0.1, 0.15) is 12.0 Å². The molecule has 4 heteroatoms. The maximum absolute atomic E-state index is 11.6. The molecule has 1 amide bonds. The second-order valence-electron chi connectivity index (χ2n) is 4.28. The quantitative estimate of drug-likeness (QED) is 0.844. The summed E-state index contributed by atoms with van der Waals surface area (Å²) in [5, 5.41) is 9.70. The Morgan fingerprint density at radius 3 is 3.06 bits per heavy atom. The highest BCUT2D eigenvalue weighted by molar-refractivity contribution is 5.77. The van der Waals surface area contributed by atoms with E-state index in [1.807, 2.05) is 13.0 Å². The lowest BCUT2D eigenvalue weighted by molar-refractivity contribution is -0.146. The number of aliphatic hydroxyl groups is 1. The molecule has 1 N–H and O–H groups in total. The van der Waals surface area contributed by atoms with Crippen LogP contribution in [0, 0.1) is 6.92 Å². The predicted molar refractivity (Wildman–Crippen MR) is 58.7 cm³/mol. The van der Waals surface area contributed by atoms with Crippen molar-refractivity contribution in [1.29, 1.82) is 0 Å². The molecule has 0 saturated carbocycles. The van der Waals surface area contributed by atoms with Crippen LogP contribution in [0.2, 0.25) is 0 Å². The highest BCUT2D eigenvalue weighted by Gasteiger charge is 2.25. The number of nitrogens with zero attached hydrogens (tertiary/aromatic N) is 1. The molecule has 0 aliphatic carbocycles. The Morgan fingerprint density at radius 1 is 1.62 bits per heavy atom. The second kappa shape index (κ2) is 4.70. The van der Waals surface area contributed by atoms with E-state index in [9.17, 15) is 9.90 Å². The van der Waals surface area contributed by atoms with Crippen molar-refractivity contribution in [2.24, 2.45) is 0 Å². The number of aliphatic hydroxyl groups excluding tert-OH is 1. The summed E-state index contributed by atoms with van der Waals surface area (Å²) in [6, 6.07) is 1.96. The van der Waals surface area contributed by atoms with E-state index < -0.39 is 6.23 Å². The molecule has 88 valence electrons. The molecule has 0 bridgehead atoms. The molecule has 1 aliphatic rings. The standard InChI is InChI=1S/C12H17NO3/c1-9-7-10(8-16-9)5-6-13-11(14)3-2-4-12(13)15/h7-8,11,14H,2-6H2,1H3. The van der Waals surface area contributed by atoms with Crippen molar-refractivity contribution >= 4 is 5.91 Å². The lowest BCUT2D eigenvalue weighted by Gasteiger charge is -2.31. The summed E-state index contributed by atoms with van der Waals surface area (Å²) in [4.78, 5) is 13.1. The van der Waals surface area contributed by atoms with Gasteiger partial charge in [0.15, 0.2) is 0 Å². The minimum absolute atomic E-state index is 0.0546. The van der Waals surface area contributed by atoms with Crippen LogP contribution in [-0.2, 0) is 11.2 Å². The first-order chi connectivity index (χ1) is 7.66. The van der Waals surface area contributed by atoms with Crippen molar-refractivity contribution in [1.82, 2.24) is 4.90 Å². The van der Waals surface area contributed by atoms with Crippen LogP contribution in [0.25, 0.3) is 0 Å². The molecule has 0 spiro atoms. The number of rotatable bonds is 3. The first-order valence-electron chi connectivity index (χ1n) is 5.68. The summed E-state index contributed by atoms with van der Waals surface area (Å²) in [5.74, 6) is 0.930. The van der Waals surface area contributed by atoms with Crippen molar-refractivity contribution in [2.75, 3.05) is 6.54 Å². The van der Waals surface area contributed by atoms with Gasteiger partial charge in [-0.3, -0.25) is 4.79 Å². The number of hydrogen-bond acceptors (Lipinski definition) is 3. The highest BCUT2D eigenvalue weighted by atomic mass is 16.3. The summed E-state index contributed by atoms with van der Waals surface area (Å²) in [6.07, 6.45) is 3.88. The summed E-state index contributed by atoms with van der Waals surface area (Å²) >= 11 is 0. The molecule has 1 atom stereocenters. The lowest BCUT2D eigenvalue weighted by Crippen LogP contribution is -2.44. The van der Waals surface area contributed by atoms with Gasteiger partial charge in [-0.25, -0.2) is 0 Å². The summed E-state index contributed by atoms with van der Waals surface area (Å²) in [5.41, 5.74) is 1.07. The molecule has 16 heavy (non-hydrogen) atoms. The van der Waals surface area contributed by atoms with Gasteiger partial charge >= 0.3 is 0 Å². The monoisotopic (exact) mass is 223 g/mol. The third-order valence-corrected chi connectivity index (χ3v) is 2.96. The zero-order valence-corrected chi connectivity index (χ0v) is 9.48. The van der Waals surface area contributed by atoms with Crippen LogP contribution >= 0.6 is 0 Å². The molecule has 4 nitrogen and oxygen atoms in total. The third kappa shape index (κ3) is 2.44. The van der Waals surface area contributed by atoms with Crippen molar-refractivity contribution in [3.8, 4) is 0 Å². The van der Waals surface area contributed by atoms with E-state index in [0.717, 1.165) is 24.2 Å². The van der Waals surface area contributed by atoms with Crippen LogP contribution in [0.3, 0.4) is 0 Å².